The van der Waals surface area contributed by atoms with E-state index in [9.17, 15) is 0 Å². The van der Waals surface area contributed by atoms with Crippen LogP contribution in [0.1, 0.15) is 11.1 Å². The van der Waals surface area contributed by atoms with Crippen LogP contribution >= 0.6 is 28.1 Å². The van der Waals surface area contributed by atoms with E-state index >= 15 is 0 Å². The highest BCUT2D eigenvalue weighted by Gasteiger charge is 2.05. The minimum atomic E-state index is 0.395. The molecular weight excluding hydrogens is 348 g/mol. The molecule has 0 unspecified atom stereocenters. The molecule has 110 valence electrons. The third-order valence-electron chi connectivity index (χ3n) is 3.11. The molecule has 0 saturated carbocycles. The molecule has 3 nitrogen and oxygen atoms in total. The van der Waals surface area contributed by atoms with Crippen molar-refractivity contribution in [2.24, 2.45) is 5.73 Å². The van der Waals surface area contributed by atoms with Gasteiger partial charge in [0.2, 0.25) is 0 Å². The summed E-state index contributed by atoms with van der Waals surface area (Å²) in [5.41, 5.74) is 8.77. The van der Waals surface area contributed by atoms with E-state index in [2.05, 4.69) is 27.3 Å². The molecule has 0 saturated heterocycles. The van der Waals surface area contributed by atoms with Gasteiger partial charge in [-0.3, -0.25) is 0 Å². The molecule has 0 radical (unpaired) electrons. The highest BCUT2D eigenvalue weighted by atomic mass is 79.9. The molecule has 2 aromatic rings. The molecule has 0 atom stereocenters. The Kier molecular flexibility index (Phi) is 5.59. The number of rotatable bonds is 6. The average Bonchev–Trinajstić information content (AvgIpc) is 2.47. The molecule has 21 heavy (non-hydrogen) atoms. The Morgan fingerprint density at radius 1 is 1.29 bits per heavy atom. The van der Waals surface area contributed by atoms with Gasteiger partial charge in [0.15, 0.2) is 0 Å². The third kappa shape index (κ3) is 4.44. The van der Waals surface area contributed by atoms with E-state index in [1.165, 1.54) is 5.56 Å². The molecule has 2 aromatic carbocycles. The predicted octanol–water partition coefficient (Wildman–Crippen LogP) is 3.75. The van der Waals surface area contributed by atoms with Gasteiger partial charge in [0.05, 0.1) is 7.11 Å². The van der Waals surface area contributed by atoms with Gasteiger partial charge in [-0.1, -0.05) is 40.3 Å². The second kappa shape index (κ2) is 7.43. The molecule has 0 aliphatic carbocycles. The topological polar surface area (TPSA) is 47.3 Å². The van der Waals surface area contributed by atoms with Gasteiger partial charge in [-0.15, -0.1) is 0 Å². The Balaban J connectivity index is 2.03. The van der Waals surface area contributed by atoms with Gasteiger partial charge < -0.3 is 15.8 Å². The lowest BCUT2D eigenvalue weighted by Gasteiger charge is -2.12. The van der Waals surface area contributed by atoms with E-state index in [1.54, 1.807) is 7.11 Å². The molecule has 0 aliphatic rings. The van der Waals surface area contributed by atoms with Crippen LogP contribution < -0.4 is 15.8 Å². The van der Waals surface area contributed by atoms with E-state index in [4.69, 9.17) is 22.7 Å². The molecule has 2 rings (SSSR count). The highest BCUT2D eigenvalue weighted by Crippen LogP contribution is 2.21. The molecule has 0 aromatic heterocycles. The van der Waals surface area contributed by atoms with Crippen molar-refractivity contribution in [2.75, 3.05) is 19.0 Å². The van der Waals surface area contributed by atoms with Crippen molar-refractivity contribution in [1.82, 2.24) is 0 Å². The highest BCUT2D eigenvalue weighted by molar-refractivity contribution is 9.10. The Morgan fingerprint density at radius 3 is 2.81 bits per heavy atom. The number of anilines is 1. The number of nitrogens with one attached hydrogen (secondary N) is 1. The Labute approximate surface area is 138 Å². The number of halogens is 1. The summed E-state index contributed by atoms with van der Waals surface area (Å²) in [6, 6.07) is 13.9. The lowest BCUT2D eigenvalue weighted by Crippen LogP contribution is -2.14. The second-order valence-electron chi connectivity index (χ2n) is 4.58. The average molecular weight is 365 g/mol. The summed E-state index contributed by atoms with van der Waals surface area (Å²) in [5.74, 6) is 0.874. The smallest absolute Gasteiger partial charge is 0.119 e. The lowest BCUT2D eigenvalue weighted by molar-refractivity contribution is 0.414. The van der Waals surface area contributed by atoms with Crippen molar-refractivity contribution >= 4 is 38.8 Å². The van der Waals surface area contributed by atoms with Gasteiger partial charge >= 0.3 is 0 Å². The van der Waals surface area contributed by atoms with Gasteiger partial charge in [0, 0.05) is 22.3 Å². The van der Waals surface area contributed by atoms with Gasteiger partial charge in [0.1, 0.15) is 10.7 Å². The quantitative estimate of drug-likeness (QED) is 0.766. The summed E-state index contributed by atoms with van der Waals surface area (Å²) < 4.78 is 6.22. The number of benzene rings is 2. The number of thiocarbonyl (C=S) groups is 1. The van der Waals surface area contributed by atoms with Crippen LogP contribution in [0.3, 0.4) is 0 Å². The van der Waals surface area contributed by atoms with Gasteiger partial charge in [-0.05, 0) is 42.3 Å². The molecule has 0 fully saturated rings. The van der Waals surface area contributed by atoms with E-state index in [0.29, 0.717) is 4.99 Å². The van der Waals surface area contributed by atoms with Crippen molar-refractivity contribution in [3.8, 4) is 5.75 Å². The fraction of sp³-hybridized carbons (Fsp3) is 0.188. The maximum Gasteiger partial charge on any atom is 0.119 e. The van der Waals surface area contributed by atoms with Crippen LogP contribution in [0.5, 0.6) is 5.75 Å². The second-order valence-corrected chi connectivity index (χ2v) is 5.94. The maximum atomic E-state index is 5.74. The van der Waals surface area contributed by atoms with Gasteiger partial charge in [-0.25, -0.2) is 0 Å². The van der Waals surface area contributed by atoms with Crippen LogP contribution in [0.15, 0.2) is 46.9 Å². The standard InChI is InChI=1S/C16H17BrN2OS/c1-20-13-4-2-3-11(9-13)7-8-19-15-10-12(17)5-6-14(15)16(18)21/h2-6,9-10,19H,7-8H2,1H3,(H2,18,21). The van der Waals surface area contributed by atoms with Gasteiger partial charge in [-0.2, -0.15) is 0 Å². The molecule has 0 heterocycles. The van der Waals surface area contributed by atoms with Crippen LogP contribution in [0.25, 0.3) is 0 Å². The molecule has 0 aliphatic heterocycles. The molecule has 0 amide bonds. The molecule has 5 heteroatoms. The van der Waals surface area contributed by atoms with E-state index in [1.807, 2.05) is 36.4 Å². The maximum absolute atomic E-state index is 5.74. The lowest BCUT2D eigenvalue weighted by atomic mass is 10.1. The van der Waals surface area contributed by atoms with Crippen LogP contribution in [-0.2, 0) is 6.42 Å². The first-order chi connectivity index (χ1) is 10.1. The summed E-state index contributed by atoms with van der Waals surface area (Å²) in [7, 11) is 1.67. The Morgan fingerprint density at radius 2 is 2.10 bits per heavy atom. The van der Waals surface area contributed by atoms with E-state index in [0.717, 1.165) is 34.4 Å². The monoisotopic (exact) mass is 364 g/mol. The van der Waals surface area contributed by atoms with E-state index in [-0.39, 0.29) is 0 Å². The van der Waals surface area contributed by atoms with Crippen LogP contribution in [0, 0.1) is 0 Å². The zero-order chi connectivity index (χ0) is 15.2. The zero-order valence-electron chi connectivity index (χ0n) is 11.7. The minimum absolute atomic E-state index is 0.395. The van der Waals surface area contributed by atoms with Crippen molar-refractivity contribution in [1.29, 1.82) is 0 Å². The summed E-state index contributed by atoms with van der Waals surface area (Å²) >= 11 is 8.54. The number of ether oxygens (including phenoxy) is 1. The predicted molar refractivity (Wildman–Crippen MR) is 95.2 cm³/mol. The molecule has 0 spiro atoms. The number of hydrogen-bond acceptors (Lipinski definition) is 3. The van der Waals surface area contributed by atoms with Crippen LogP contribution in [0.4, 0.5) is 5.69 Å². The zero-order valence-corrected chi connectivity index (χ0v) is 14.1. The summed E-state index contributed by atoms with van der Waals surface area (Å²) in [6.45, 7) is 0.791. The largest absolute Gasteiger partial charge is 0.497 e. The normalized spacial score (nSPS) is 10.2. The summed E-state index contributed by atoms with van der Waals surface area (Å²) in [4.78, 5) is 0.395. The SMILES string of the molecule is COc1cccc(CCNc2cc(Br)ccc2C(N)=S)c1. The van der Waals surface area contributed by atoms with Crippen molar-refractivity contribution < 1.29 is 4.74 Å². The number of methoxy groups -OCH3 is 1. The Hall–Kier alpha value is -1.59. The minimum Gasteiger partial charge on any atom is -0.497 e. The molecule has 3 N–H and O–H groups in total. The number of nitrogens with two attached hydrogens (primary N) is 1. The fourth-order valence-corrected chi connectivity index (χ4v) is 2.59. The van der Waals surface area contributed by atoms with Crippen molar-refractivity contribution in [3.63, 3.8) is 0 Å². The first-order valence-corrected chi connectivity index (χ1v) is 7.76. The molecular formula is C16H17BrN2OS. The van der Waals surface area contributed by atoms with Crippen LogP contribution in [-0.4, -0.2) is 18.6 Å². The fourth-order valence-electron chi connectivity index (χ4n) is 2.05. The first kappa shape index (κ1) is 15.8. The summed E-state index contributed by atoms with van der Waals surface area (Å²) in [5, 5.41) is 3.38. The van der Waals surface area contributed by atoms with Crippen molar-refractivity contribution in [2.45, 2.75) is 6.42 Å². The molecule has 0 bridgehead atoms. The van der Waals surface area contributed by atoms with Gasteiger partial charge in [0.25, 0.3) is 0 Å². The van der Waals surface area contributed by atoms with E-state index < -0.39 is 0 Å². The first-order valence-electron chi connectivity index (χ1n) is 6.56. The summed E-state index contributed by atoms with van der Waals surface area (Å²) in [6.07, 6.45) is 0.889. The van der Waals surface area contributed by atoms with Crippen LogP contribution in [0.2, 0.25) is 0 Å². The number of hydrogen-bond donors (Lipinski definition) is 2. The van der Waals surface area contributed by atoms with Crippen molar-refractivity contribution in [3.05, 3.63) is 58.1 Å². The third-order valence-corrected chi connectivity index (χ3v) is 3.82. The Bertz CT molecular complexity index is 646.